The number of carbonyl (C=O) groups excluding carboxylic acids is 2. The highest BCUT2D eigenvalue weighted by atomic mass is 18.2. The van der Waals surface area contributed by atoms with Crippen LogP contribution in [-0.4, -0.2) is 41.1 Å². The van der Waals surface area contributed by atoms with Crippen LogP contribution in [0.2, 0.25) is 0 Å². The molecule has 0 amide bonds. The van der Waals surface area contributed by atoms with Gasteiger partial charge in [0.05, 0.1) is 47.6 Å². The zero-order chi connectivity index (χ0) is 29.2. The molecule has 1 saturated carbocycles. The molecule has 0 radical (unpaired) electrons. The topological polar surface area (TPSA) is 113 Å². The van der Waals surface area contributed by atoms with Gasteiger partial charge in [0.25, 0.3) is 0 Å². The van der Waals surface area contributed by atoms with E-state index in [1.165, 1.54) is 7.11 Å². The van der Waals surface area contributed by atoms with Gasteiger partial charge in [0, 0.05) is 52.8 Å². The molecular formula is C33H34N4O4. The maximum Gasteiger partial charge on any atom is 0.305 e. The molecule has 6 aliphatic rings. The molecule has 2 N–H and O–H groups in total. The monoisotopic (exact) mass is 552 g/mol. The Labute approximate surface area is 239 Å². The summed E-state index contributed by atoms with van der Waals surface area (Å²) in [6.07, 6.45) is 8.94. The van der Waals surface area contributed by atoms with Gasteiger partial charge in [-0.25, -0.2) is 15.0 Å². The number of ketones is 1. The van der Waals surface area contributed by atoms with Gasteiger partial charge in [0.15, 0.2) is 5.78 Å². The van der Waals surface area contributed by atoms with E-state index in [4.69, 9.17) is 19.7 Å². The molecule has 6 rings (SSSR count). The third-order valence-electron chi connectivity index (χ3n) is 9.10. The summed E-state index contributed by atoms with van der Waals surface area (Å²) in [5, 5.41) is 13.8. The lowest BCUT2D eigenvalue weighted by molar-refractivity contribution is -0.140. The zero-order valence-corrected chi connectivity index (χ0v) is 24.3. The molecule has 2 atom stereocenters. The van der Waals surface area contributed by atoms with Crippen LogP contribution in [0.15, 0.2) is 107 Å². The van der Waals surface area contributed by atoms with Crippen molar-refractivity contribution >= 4 is 28.9 Å². The number of nitrogens with zero attached hydrogens (tertiary/aromatic N) is 3. The van der Waals surface area contributed by atoms with E-state index in [-0.39, 0.29) is 36.4 Å². The van der Waals surface area contributed by atoms with Gasteiger partial charge in [-0.2, -0.15) is 0 Å². The van der Waals surface area contributed by atoms with Crippen LogP contribution in [0.4, 0.5) is 0 Å². The first-order chi connectivity index (χ1) is 19.7. The van der Waals surface area contributed by atoms with E-state index in [9.17, 15) is 14.7 Å². The number of carbonyl (C=O) groups is 2. The Kier molecular flexibility index (Phi) is 6.52. The lowest BCUT2D eigenvalue weighted by atomic mass is 9.86. The van der Waals surface area contributed by atoms with Crippen LogP contribution in [-0.2, 0) is 14.3 Å². The molecule has 5 heterocycles. The number of hydrogen-bond acceptors (Lipinski definition) is 8. The van der Waals surface area contributed by atoms with Crippen LogP contribution in [0.3, 0.4) is 0 Å². The number of aliphatic hydroxyl groups is 1. The SMILES string of the molecule is CCC1=C(C)C2=CC3=NC(=C(C)/C3=C\[18OH])C=C3NC(=C4CC(=O)C5=C(C)C(=CC1=N2)N=C45)[C@@H](CCC(=O)OC)[C@@H]3C. The van der Waals surface area contributed by atoms with Crippen molar-refractivity contribution in [1.82, 2.24) is 5.32 Å². The fraction of sp³-hybridized carbons (Fsp3) is 0.364. The molecule has 0 unspecified atom stereocenters. The number of aliphatic imine (C=N–C) groups is 3. The lowest BCUT2D eigenvalue weighted by Gasteiger charge is -2.17. The molecular weight excluding hydrogens is 518 g/mol. The molecule has 1 aliphatic carbocycles. The van der Waals surface area contributed by atoms with Crippen molar-refractivity contribution < 1.29 is 19.4 Å². The van der Waals surface area contributed by atoms with Crippen LogP contribution in [0.1, 0.15) is 60.3 Å². The van der Waals surface area contributed by atoms with Crippen molar-refractivity contribution in [2.45, 2.75) is 60.3 Å². The van der Waals surface area contributed by atoms with Crippen molar-refractivity contribution in [3.63, 3.8) is 0 Å². The standard InChI is InChI=1S/C33H34N4O4/c1-7-19-15(2)24-12-28-22(14-38)17(4)23(35-28)11-25-16(3)20(8-9-30(40)41-6)32(36-25)21-10-29(39)31-18(5)26(37-33(21)31)13-27(19)34-24/h11-14,16,20,36,38H,7-10H2,1-6H3/b22-14+,24-12?,25-11?,26-13?,32-21?/t16-,20-/m0/s1/i38+2. The second-order valence-electron chi connectivity index (χ2n) is 11.3. The van der Waals surface area contributed by atoms with Gasteiger partial charge >= 0.3 is 5.97 Å². The second kappa shape index (κ2) is 9.94. The van der Waals surface area contributed by atoms with Crippen molar-refractivity contribution in [3.05, 3.63) is 92.0 Å². The minimum Gasteiger partial charge on any atom is -0.515 e. The van der Waals surface area contributed by atoms with Crippen LogP contribution < -0.4 is 5.32 Å². The van der Waals surface area contributed by atoms with E-state index in [2.05, 4.69) is 26.1 Å². The number of fused-ring (bicyclic) bond motifs is 5. The molecule has 8 nitrogen and oxygen atoms in total. The highest BCUT2D eigenvalue weighted by Gasteiger charge is 2.43. The summed E-state index contributed by atoms with van der Waals surface area (Å²) in [5.41, 5.74) is 12.5. The Morgan fingerprint density at radius 1 is 1.07 bits per heavy atom. The minimum atomic E-state index is -0.264. The van der Waals surface area contributed by atoms with Gasteiger partial charge in [-0.3, -0.25) is 9.59 Å². The molecule has 0 aromatic carbocycles. The molecule has 0 aromatic rings. The van der Waals surface area contributed by atoms with Crippen LogP contribution in [0, 0.1) is 11.8 Å². The van der Waals surface area contributed by atoms with Crippen molar-refractivity contribution in [3.8, 4) is 0 Å². The van der Waals surface area contributed by atoms with Gasteiger partial charge in [-0.1, -0.05) is 13.8 Å². The number of hydrogen-bond donors (Lipinski definition) is 2. The number of esters is 1. The van der Waals surface area contributed by atoms with Crippen molar-refractivity contribution in [2.75, 3.05) is 7.11 Å². The summed E-state index contributed by atoms with van der Waals surface area (Å²) < 4.78 is 4.94. The highest BCUT2D eigenvalue weighted by molar-refractivity contribution is 6.38. The second-order valence-corrected chi connectivity index (χ2v) is 11.3. The number of ether oxygens (including phenoxy) is 1. The Bertz CT molecular complexity index is 1680. The molecule has 0 spiro atoms. The molecule has 41 heavy (non-hydrogen) atoms. The first kappa shape index (κ1) is 26.9. The number of rotatable bonds is 4. The number of Topliss-reactive ketones (excluding diaryl/α,β-unsaturated/α-hetero) is 1. The first-order valence-electron chi connectivity index (χ1n) is 14.2. The van der Waals surface area contributed by atoms with Gasteiger partial charge < -0.3 is 15.2 Å². The number of nitrogens with one attached hydrogen (secondary N) is 1. The summed E-state index contributed by atoms with van der Waals surface area (Å²) in [6, 6.07) is 0. The molecule has 8 bridgehead atoms. The van der Waals surface area contributed by atoms with Crippen molar-refractivity contribution in [2.24, 2.45) is 26.8 Å². The third-order valence-corrected chi connectivity index (χ3v) is 9.10. The quantitative estimate of drug-likeness (QED) is 0.260. The summed E-state index contributed by atoms with van der Waals surface area (Å²) >= 11 is 0. The van der Waals surface area contributed by atoms with Gasteiger partial charge in [0.2, 0.25) is 0 Å². The van der Waals surface area contributed by atoms with E-state index < -0.39 is 0 Å². The summed E-state index contributed by atoms with van der Waals surface area (Å²) in [4.78, 5) is 40.5. The minimum absolute atomic E-state index is 0.0254. The lowest BCUT2D eigenvalue weighted by Crippen LogP contribution is -2.15. The van der Waals surface area contributed by atoms with Gasteiger partial charge in [0.1, 0.15) is 0 Å². The summed E-state index contributed by atoms with van der Waals surface area (Å²) in [5.74, 6) is -0.213. The molecule has 1 saturated heterocycles. The zero-order valence-electron chi connectivity index (χ0n) is 24.3. The van der Waals surface area contributed by atoms with Gasteiger partial charge in [-0.15, -0.1) is 0 Å². The summed E-state index contributed by atoms with van der Waals surface area (Å²) in [7, 11) is 1.40. The predicted octanol–water partition coefficient (Wildman–Crippen LogP) is 5.81. The van der Waals surface area contributed by atoms with Crippen LogP contribution >= 0.6 is 0 Å². The Hall–Kier alpha value is -4.33. The predicted molar refractivity (Wildman–Crippen MR) is 159 cm³/mol. The van der Waals surface area contributed by atoms with Gasteiger partial charge in [-0.05, 0) is 74.1 Å². The van der Waals surface area contributed by atoms with E-state index in [1.807, 2.05) is 32.1 Å². The molecule has 0 aromatic heterocycles. The molecule has 2 fully saturated rings. The average Bonchev–Trinajstić information content (AvgIpc) is 3.70. The van der Waals surface area contributed by atoms with E-state index in [0.29, 0.717) is 23.3 Å². The maximum absolute atomic E-state index is 13.4. The molecule has 5 aliphatic heterocycles. The molecule has 210 valence electrons. The highest BCUT2D eigenvalue weighted by Crippen LogP contribution is 2.45. The Morgan fingerprint density at radius 3 is 2.51 bits per heavy atom. The summed E-state index contributed by atoms with van der Waals surface area (Å²) in [6.45, 7) is 10.2. The van der Waals surface area contributed by atoms with Crippen LogP contribution in [0.5, 0.6) is 0 Å². The Morgan fingerprint density at radius 2 is 1.80 bits per heavy atom. The molecule has 8 heteroatoms. The average molecular weight is 553 g/mol. The van der Waals surface area contributed by atoms with E-state index in [0.717, 1.165) is 80.5 Å². The largest absolute Gasteiger partial charge is 0.515 e. The first-order valence-corrected chi connectivity index (χ1v) is 14.2. The third kappa shape index (κ3) is 4.15. The van der Waals surface area contributed by atoms with Crippen molar-refractivity contribution in [1.29, 1.82) is 0 Å². The fourth-order valence-corrected chi connectivity index (χ4v) is 6.64. The maximum atomic E-state index is 13.4. The number of aliphatic hydroxyl groups excluding tert-OH is 1. The van der Waals surface area contributed by atoms with Crippen LogP contribution in [0.25, 0.3) is 0 Å². The fourth-order valence-electron chi connectivity index (χ4n) is 6.64. The van der Waals surface area contributed by atoms with E-state index in [1.54, 1.807) is 0 Å². The van der Waals surface area contributed by atoms with E-state index >= 15 is 0 Å². The normalized spacial score (nSPS) is 26.0. The number of methoxy groups -OCH3 is 1. The number of allylic oxidation sites excluding steroid dienone is 12. The Balaban J connectivity index is 1.60. The smallest absolute Gasteiger partial charge is 0.305 e.